The van der Waals surface area contributed by atoms with E-state index in [2.05, 4.69) is 20.7 Å². The van der Waals surface area contributed by atoms with Gasteiger partial charge in [-0.3, -0.25) is 19.1 Å². The fraction of sp³-hybridized carbons (Fsp3) is 0.531. The largest absolute Gasteiger partial charge is 0.481 e. The summed E-state index contributed by atoms with van der Waals surface area (Å²) in [6.07, 6.45) is 8.39. The van der Waals surface area contributed by atoms with Gasteiger partial charge < -0.3 is 25.2 Å². The molecule has 2 aromatic heterocycles. The first-order valence-corrected chi connectivity index (χ1v) is 15.4. The number of carbonyl (C=O) groups excluding carboxylic acids is 3. The Morgan fingerprint density at radius 3 is 2.63 bits per heavy atom. The molecule has 2 N–H and O–H groups in total. The summed E-state index contributed by atoms with van der Waals surface area (Å²) in [6.45, 7) is 3.00. The number of methoxy groups -OCH3 is 1. The lowest BCUT2D eigenvalue weighted by Crippen LogP contribution is -2.59. The van der Waals surface area contributed by atoms with Gasteiger partial charge in [0.1, 0.15) is 6.04 Å². The van der Waals surface area contributed by atoms with Gasteiger partial charge in [-0.05, 0) is 74.2 Å². The zero-order valence-corrected chi connectivity index (χ0v) is 25.0. The summed E-state index contributed by atoms with van der Waals surface area (Å²) in [6, 6.07) is 8.59. The van der Waals surface area contributed by atoms with Crippen molar-refractivity contribution in [1.29, 1.82) is 0 Å². The van der Waals surface area contributed by atoms with Gasteiger partial charge in [-0.2, -0.15) is 5.10 Å². The van der Waals surface area contributed by atoms with E-state index >= 15 is 0 Å². The van der Waals surface area contributed by atoms with Crippen molar-refractivity contribution in [2.45, 2.75) is 57.2 Å². The molecule has 3 amide bonds. The SMILES string of the molecule is COc1ccc(CC2C[C@@H](C(=O)NCc3ccc4c(cnn4C)c3)N(C(=O)[C@@H]3NCCC[C@@H]3C(=O)N3CCCC3)C2)cn1. The minimum Gasteiger partial charge on any atom is -0.481 e. The highest BCUT2D eigenvalue weighted by molar-refractivity contribution is 5.94. The minimum absolute atomic E-state index is 0.0647. The summed E-state index contributed by atoms with van der Waals surface area (Å²) in [5.41, 5.74) is 3.02. The molecule has 1 unspecified atom stereocenters. The number of pyridine rings is 1. The number of hydrogen-bond donors (Lipinski definition) is 2. The fourth-order valence-electron chi connectivity index (χ4n) is 6.94. The molecule has 228 valence electrons. The van der Waals surface area contributed by atoms with Crippen LogP contribution in [0.4, 0.5) is 0 Å². The summed E-state index contributed by atoms with van der Waals surface area (Å²) in [7, 11) is 3.49. The molecule has 43 heavy (non-hydrogen) atoms. The van der Waals surface area contributed by atoms with E-state index in [1.54, 1.807) is 18.2 Å². The Balaban J connectivity index is 1.19. The van der Waals surface area contributed by atoms with Crippen LogP contribution in [0.3, 0.4) is 0 Å². The van der Waals surface area contributed by atoms with E-state index in [0.717, 1.165) is 54.4 Å². The number of aromatic nitrogens is 3. The first-order valence-electron chi connectivity index (χ1n) is 15.4. The van der Waals surface area contributed by atoms with Crippen molar-refractivity contribution in [3.63, 3.8) is 0 Å². The molecular weight excluding hydrogens is 546 g/mol. The standard InChI is InChI=1S/C32H41N7O4/c1-37-26-9-7-22(15-24(26)19-36-37)18-35-30(40)27-16-23(14-21-8-10-28(43-2)34-17-21)20-39(27)32(42)29-25(6-5-11-33-29)31(41)38-12-3-4-13-38/h7-10,15,17,19,23,25,27,29,33H,3-6,11-14,16,18,20H2,1-2H3,(H,35,40)/t23?,25-,27-,29+/m0/s1. The van der Waals surface area contributed by atoms with E-state index in [-0.39, 0.29) is 23.6 Å². The lowest BCUT2D eigenvalue weighted by Gasteiger charge is -2.36. The van der Waals surface area contributed by atoms with Crippen molar-refractivity contribution in [1.82, 2.24) is 35.2 Å². The number of amides is 3. The molecule has 0 bridgehead atoms. The summed E-state index contributed by atoms with van der Waals surface area (Å²) in [5, 5.41) is 11.8. The van der Waals surface area contributed by atoms with E-state index < -0.39 is 18.0 Å². The Bertz CT molecular complexity index is 1470. The zero-order valence-electron chi connectivity index (χ0n) is 25.0. The van der Waals surface area contributed by atoms with Crippen LogP contribution >= 0.6 is 0 Å². The van der Waals surface area contributed by atoms with E-state index in [1.807, 2.05) is 53.2 Å². The van der Waals surface area contributed by atoms with Crippen LogP contribution in [0.5, 0.6) is 5.88 Å². The summed E-state index contributed by atoms with van der Waals surface area (Å²) in [4.78, 5) is 49.4. The molecule has 0 spiro atoms. The number of benzene rings is 1. The third-order valence-corrected chi connectivity index (χ3v) is 9.24. The summed E-state index contributed by atoms with van der Waals surface area (Å²) < 4.78 is 7.02. The van der Waals surface area contributed by atoms with E-state index in [0.29, 0.717) is 44.8 Å². The maximum atomic E-state index is 14.2. The van der Waals surface area contributed by atoms with Gasteiger partial charge in [0.25, 0.3) is 0 Å². The number of piperidine rings is 1. The molecule has 0 saturated carbocycles. The van der Waals surface area contributed by atoms with Crippen molar-refractivity contribution in [2.75, 3.05) is 33.3 Å². The van der Waals surface area contributed by atoms with Crippen molar-refractivity contribution in [2.24, 2.45) is 18.9 Å². The third kappa shape index (κ3) is 6.22. The number of aryl methyl sites for hydroxylation is 1. The second-order valence-electron chi connectivity index (χ2n) is 12.1. The quantitative estimate of drug-likeness (QED) is 0.414. The summed E-state index contributed by atoms with van der Waals surface area (Å²) in [5.74, 6) is -0.0319. The highest BCUT2D eigenvalue weighted by Crippen LogP contribution is 2.31. The summed E-state index contributed by atoms with van der Waals surface area (Å²) >= 11 is 0. The molecule has 3 aliphatic rings. The number of ether oxygens (including phenoxy) is 1. The Hall–Kier alpha value is -3.99. The average Bonchev–Trinajstić information content (AvgIpc) is 3.80. The number of nitrogens with zero attached hydrogens (tertiary/aromatic N) is 5. The van der Waals surface area contributed by atoms with Crippen LogP contribution in [0.2, 0.25) is 0 Å². The number of likely N-dealkylation sites (tertiary alicyclic amines) is 2. The Kier molecular flexibility index (Phi) is 8.60. The topological polar surface area (TPSA) is 122 Å². The van der Waals surface area contributed by atoms with Crippen LogP contribution in [0.1, 0.15) is 43.2 Å². The number of rotatable bonds is 8. The molecule has 1 aromatic carbocycles. The average molecular weight is 588 g/mol. The normalized spacial score (nSPS) is 24.0. The van der Waals surface area contributed by atoms with E-state index in [1.165, 1.54) is 0 Å². The number of nitrogens with one attached hydrogen (secondary N) is 2. The highest BCUT2D eigenvalue weighted by atomic mass is 16.5. The maximum absolute atomic E-state index is 14.2. The van der Waals surface area contributed by atoms with E-state index in [4.69, 9.17) is 4.74 Å². The first kappa shape index (κ1) is 29.1. The molecule has 0 radical (unpaired) electrons. The fourth-order valence-corrected chi connectivity index (χ4v) is 6.94. The number of carbonyl (C=O) groups is 3. The molecular formula is C32H41N7O4. The van der Waals surface area contributed by atoms with Crippen molar-refractivity contribution >= 4 is 28.6 Å². The zero-order chi connectivity index (χ0) is 29.9. The Morgan fingerprint density at radius 1 is 1.05 bits per heavy atom. The van der Waals surface area contributed by atoms with Crippen LogP contribution < -0.4 is 15.4 Å². The maximum Gasteiger partial charge on any atom is 0.243 e. The second-order valence-corrected chi connectivity index (χ2v) is 12.1. The van der Waals surface area contributed by atoms with Gasteiger partial charge in [-0.25, -0.2) is 4.98 Å². The number of hydrogen-bond acceptors (Lipinski definition) is 7. The van der Waals surface area contributed by atoms with Crippen molar-refractivity contribution < 1.29 is 19.1 Å². The van der Waals surface area contributed by atoms with Gasteiger partial charge in [-0.15, -0.1) is 0 Å². The lowest BCUT2D eigenvalue weighted by molar-refractivity contribution is -0.146. The van der Waals surface area contributed by atoms with Crippen molar-refractivity contribution in [3.05, 3.63) is 53.9 Å². The van der Waals surface area contributed by atoms with Crippen LogP contribution in [0, 0.1) is 11.8 Å². The molecule has 6 rings (SSSR count). The lowest BCUT2D eigenvalue weighted by atomic mass is 9.88. The predicted octanol–water partition coefficient (Wildman–Crippen LogP) is 2.04. The van der Waals surface area contributed by atoms with Crippen LogP contribution in [0.25, 0.3) is 10.9 Å². The van der Waals surface area contributed by atoms with Gasteiger partial charge in [0.05, 0.1) is 30.8 Å². The van der Waals surface area contributed by atoms with Gasteiger partial charge >= 0.3 is 0 Å². The second kappa shape index (κ2) is 12.7. The molecule has 3 aliphatic heterocycles. The molecule has 4 atom stereocenters. The Labute approximate surface area is 251 Å². The first-order chi connectivity index (χ1) is 20.9. The monoisotopic (exact) mass is 587 g/mol. The molecule has 3 aromatic rings. The molecule has 11 nitrogen and oxygen atoms in total. The van der Waals surface area contributed by atoms with Crippen LogP contribution in [-0.2, 0) is 34.4 Å². The minimum atomic E-state index is -0.619. The molecule has 11 heteroatoms. The predicted molar refractivity (Wildman–Crippen MR) is 161 cm³/mol. The van der Waals surface area contributed by atoms with E-state index in [9.17, 15) is 14.4 Å². The molecule has 3 fully saturated rings. The van der Waals surface area contributed by atoms with Gasteiger partial charge in [0.15, 0.2) is 0 Å². The highest BCUT2D eigenvalue weighted by Gasteiger charge is 2.46. The third-order valence-electron chi connectivity index (χ3n) is 9.24. The van der Waals surface area contributed by atoms with Gasteiger partial charge in [-0.1, -0.05) is 12.1 Å². The van der Waals surface area contributed by atoms with Crippen molar-refractivity contribution in [3.8, 4) is 5.88 Å². The molecule has 3 saturated heterocycles. The van der Waals surface area contributed by atoms with Gasteiger partial charge in [0.2, 0.25) is 23.6 Å². The molecule has 5 heterocycles. The molecule has 0 aliphatic carbocycles. The Morgan fingerprint density at radius 2 is 1.86 bits per heavy atom. The van der Waals surface area contributed by atoms with Crippen LogP contribution in [-0.4, -0.2) is 87.7 Å². The van der Waals surface area contributed by atoms with Gasteiger partial charge in [0, 0.05) is 50.9 Å². The smallest absolute Gasteiger partial charge is 0.243 e. The van der Waals surface area contributed by atoms with Crippen LogP contribution in [0.15, 0.2) is 42.7 Å². The number of fused-ring (bicyclic) bond motifs is 1.